The normalized spacial score (nSPS) is 11.8. The summed E-state index contributed by atoms with van der Waals surface area (Å²) in [5.74, 6) is 0.242. The van der Waals surface area contributed by atoms with Gasteiger partial charge in [-0.3, -0.25) is 4.79 Å². The number of ether oxygens (including phenoxy) is 1. The minimum Gasteiger partial charge on any atom is -0.494 e. The molecule has 3 aromatic carbocycles. The van der Waals surface area contributed by atoms with Gasteiger partial charge in [-0.05, 0) is 72.7 Å². The number of hydrogen-bond donors (Lipinski definition) is 0. The van der Waals surface area contributed by atoms with Crippen molar-refractivity contribution < 1.29 is 17.9 Å². The van der Waals surface area contributed by atoms with Gasteiger partial charge in [-0.2, -0.15) is 0 Å². The van der Waals surface area contributed by atoms with Crippen molar-refractivity contribution in [2.24, 2.45) is 0 Å². The second-order valence-electron chi connectivity index (χ2n) is 9.72. The predicted molar refractivity (Wildman–Crippen MR) is 142 cm³/mol. The molecule has 0 fully saturated rings. The molecule has 0 radical (unpaired) electrons. The van der Waals surface area contributed by atoms with Crippen molar-refractivity contribution in [3.05, 3.63) is 89.5 Å². The quantitative estimate of drug-likeness (QED) is 0.322. The van der Waals surface area contributed by atoms with Gasteiger partial charge in [0.25, 0.3) is 10.0 Å². The van der Waals surface area contributed by atoms with Crippen LogP contribution in [0.2, 0.25) is 0 Å². The van der Waals surface area contributed by atoms with Crippen LogP contribution in [-0.4, -0.2) is 20.9 Å². The lowest BCUT2D eigenvalue weighted by Gasteiger charge is -2.23. The van der Waals surface area contributed by atoms with E-state index in [0.717, 1.165) is 27.6 Å². The first-order chi connectivity index (χ1) is 16.5. The summed E-state index contributed by atoms with van der Waals surface area (Å²) in [6.45, 7) is 10.7. The van der Waals surface area contributed by atoms with Crippen molar-refractivity contribution in [3.63, 3.8) is 0 Å². The predicted octanol–water partition coefficient (Wildman–Crippen LogP) is 6.44. The summed E-state index contributed by atoms with van der Waals surface area (Å²) in [6, 6.07) is 21.5. The Labute approximate surface area is 209 Å². The SMILES string of the molecule is CCc1ccc(N(C(=O)CCCOc2ccc(C(C)(C)C)cc2)S(=O)(=O)c2ccc(C)cc2)cc1. The maximum Gasteiger partial charge on any atom is 0.270 e. The molecular weight excluding hydrogens is 458 g/mol. The number of amides is 1. The van der Waals surface area contributed by atoms with Gasteiger partial charge in [0.1, 0.15) is 5.75 Å². The average molecular weight is 494 g/mol. The average Bonchev–Trinajstić information content (AvgIpc) is 2.82. The molecule has 0 heterocycles. The Hall–Kier alpha value is -3.12. The van der Waals surface area contributed by atoms with Crippen LogP contribution in [0.15, 0.2) is 77.7 Å². The second-order valence-corrected chi connectivity index (χ2v) is 11.5. The van der Waals surface area contributed by atoms with E-state index in [0.29, 0.717) is 18.7 Å². The Morgan fingerprint density at radius 2 is 1.49 bits per heavy atom. The minimum atomic E-state index is -4.05. The van der Waals surface area contributed by atoms with E-state index < -0.39 is 15.9 Å². The highest BCUT2D eigenvalue weighted by Crippen LogP contribution is 2.27. The van der Waals surface area contributed by atoms with Crippen LogP contribution in [0.3, 0.4) is 0 Å². The van der Waals surface area contributed by atoms with Gasteiger partial charge in [-0.25, -0.2) is 12.7 Å². The molecule has 6 heteroatoms. The number of carbonyl (C=O) groups excluding carboxylic acids is 1. The zero-order valence-electron chi connectivity index (χ0n) is 21.2. The molecular formula is C29H35NO4S. The Morgan fingerprint density at radius 1 is 0.886 bits per heavy atom. The lowest BCUT2D eigenvalue weighted by molar-refractivity contribution is -0.117. The summed E-state index contributed by atoms with van der Waals surface area (Å²) in [5.41, 5.74) is 3.63. The van der Waals surface area contributed by atoms with Crippen molar-refractivity contribution in [1.29, 1.82) is 0 Å². The summed E-state index contributed by atoms with van der Waals surface area (Å²) in [7, 11) is -4.05. The van der Waals surface area contributed by atoms with Crippen LogP contribution in [0.1, 0.15) is 57.2 Å². The molecule has 1 amide bonds. The van der Waals surface area contributed by atoms with Gasteiger partial charge in [0.05, 0.1) is 17.2 Å². The molecule has 0 bridgehead atoms. The van der Waals surface area contributed by atoms with E-state index >= 15 is 0 Å². The van der Waals surface area contributed by atoms with Gasteiger partial charge in [-0.15, -0.1) is 0 Å². The second kappa shape index (κ2) is 11.1. The smallest absolute Gasteiger partial charge is 0.270 e. The van der Waals surface area contributed by atoms with Crippen molar-refractivity contribution in [3.8, 4) is 5.75 Å². The van der Waals surface area contributed by atoms with E-state index in [4.69, 9.17) is 4.74 Å². The molecule has 0 spiro atoms. The number of nitrogens with zero attached hydrogens (tertiary/aromatic N) is 1. The van der Waals surface area contributed by atoms with Gasteiger partial charge in [0, 0.05) is 6.42 Å². The monoisotopic (exact) mass is 493 g/mol. The first-order valence-corrected chi connectivity index (χ1v) is 13.4. The lowest BCUT2D eigenvalue weighted by atomic mass is 9.87. The molecule has 0 atom stereocenters. The van der Waals surface area contributed by atoms with E-state index in [2.05, 4.69) is 20.8 Å². The third-order valence-electron chi connectivity index (χ3n) is 5.89. The first kappa shape index (κ1) is 26.5. The van der Waals surface area contributed by atoms with Gasteiger partial charge in [-0.1, -0.05) is 69.7 Å². The largest absolute Gasteiger partial charge is 0.494 e. The molecule has 0 saturated carbocycles. The van der Waals surface area contributed by atoms with Crippen molar-refractivity contribution >= 4 is 21.6 Å². The molecule has 3 rings (SSSR count). The fraction of sp³-hybridized carbons (Fsp3) is 0.345. The van der Waals surface area contributed by atoms with Crippen molar-refractivity contribution in [2.45, 2.75) is 64.2 Å². The molecule has 0 N–H and O–H groups in total. The van der Waals surface area contributed by atoms with Gasteiger partial charge in [0.15, 0.2) is 0 Å². The molecule has 0 aliphatic heterocycles. The van der Waals surface area contributed by atoms with E-state index in [1.807, 2.05) is 50.2 Å². The van der Waals surface area contributed by atoms with Gasteiger partial charge in [0.2, 0.25) is 5.91 Å². The number of hydrogen-bond acceptors (Lipinski definition) is 4. The Morgan fingerprint density at radius 3 is 2.03 bits per heavy atom. The molecule has 0 saturated heterocycles. The minimum absolute atomic E-state index is 0.0424. The first-order valence-electron chi connectivity index (χ1n) is 12.0. The van der Waals surface area contributed by atoms with Crippen molar-refractivity contribution in [2.75, 3.05) is 10.9 Å². The fourth-order valence-corrected chi connectivity index (χ4v) is 5.12. The Bertz CT molecular complexity index is 1220. The van der Waals surface area contributed by atoms with Crippen LogP contribution >= 0.6 is 0 Å². The fourth-order valence-electron chi connectivity index (χ4n) is 3.67. The van der Waals surface area contributed by atoms with Gasteiger partial charge >= 0.3 is 0 Å². The summed E-state index contributed by atoms with van der Waals surface area (Å²) in [4.78, 5) is 13.3. The maximum absolute atomic E-state index is 13.5. The van der Waals surface area contributed by atoms with Gasteiger partial charge < -0.3 is 4.74 Å². The highest BCUT2D eigenvalue weighted by Gasteiger charge is 2.30. The molecule has 5 nitrogen and oxygen atoms in total. The summed E-state index contributed by atoms with van der Waals surface area (Å²) < 4.78 is 33.7. The highest BCUT2D eigenvalue weighted by atomic mass is 32.2. The van der Waals surface area contributed by atoms with Crippen LogP contribution in [0.4, 0.5) is 5.69 Å². The molecule has 0 aliphatic carbocycles. The van der Waals surface area contributed by atoms with Crippen LogP contribution < -0.4 is 9.04 Å². The molecule has 0 aliphatic rings. The molecule has 3 aromatic rings. The van der Waals surface area contributed by atoms with E-state index in [-0.39, 0.29) is 16.7 Å². The summed E-state index contributed by atoms with van der Waals surface area (Å²) in [6.07, 6.45) is 1.26. The number of rotatable bonds is 9. The van der Waals surface area contributed by atoms with E-state index in [9.17, 15) is 13.2 Å². The lowest BCUT2D eigenvalue weighted by Crippen LogP contribution is -2.37. The topological polar surface area (TPSA) is 63.7 Å². The van der Waals surface area contributed by atoms with Crippen LogP contribution in [0.5, 0.6) is 5.75 Å². The molecule has 0 unspecified atom stereocenters. The zero-order chi connectivity index (χ0) is 25.6. The van der Waals surface area contributed by atoms with Crippen molar-refractivity contribution in [1.82, 2.24) is 0 Å². The third kappa shape index (κ3) is 6.73. The Balaban J connectivity index is 1.73. The number of benzene rings is 3. The Kier molecular flexibility index (Phi) is 8.39. The zero-order valence-corrected chi connectivity index (χ0v) is 22.1. The van der Waals surface area contributed by atoms with E-state index in [1.54, 1.807) is 24.3 Å². The third-order valence-corrected chi connectivity index (χ3v) is 7.65. The highest BCUT2D eigenvalue weighted by molar-refractivity contribution is 7.93. The number of anilines is 1. The number of carbonyl (C=O) groups is 1. The van der Waals surface area contributed by atoms with Crippen LogP contribution in [0, 0.1) is 6.92 Å². The van der Waals surface area contributed by atoms with Crippen LogP contribution in [-0.2, 0) is 26.7 Å². The summed E-state index contributed by atoms with van der Waals surface area (Å²) in [5, 5.41) is 0. The molecule has 35 heavy (non-hydrogen) atoms. The van der Waals surface area contributed by atoms with Crippen LogP contribution in [0.25, 0.3) is 0 Å². The number of aryl methyl sites for hydroxylation is 2. The van der Waals surface area contributed by atoms with E-state index in [1.165, 1.54) is 17.7 Å². The molecule has 186 valence electrons. The maximum atomic E-state index is 13.5. The molecule has 0 aromatic heterocycles. The summed E-state index contributed by atoms with van der Waals surface area (Å²) >= 11 is 0. The standard InChI is InChI=1S/C29H35NO4S/c1-6-23-11-15-25(16-12-23)30(35(32,33)27-19-9-22(2)10-20-27)28(31)8-7-21-34-26-17-13-24(14-18-26)29(3,4)5/h9-20H,6-8,21H2,1-5H3. The number of sulfonamides is 1.